The topological polar surface area (TPSA) is 84.1 Å². The van der Waals surface area contributed by atoms with Crippen molar-refractivity contribution in [2.75, 3.05) is 13.1 Å². The van der Waals surface area contributed by atoms with Gasteiger partial charge in [-0.15, -0.1) is 0 Å². The van der Waals surface area contributed by atoms with E-state index in [1.54, 1.807) is 16.9 Å². The van der Waals surface area contributed by atoms with Crippen molar-refractivity contribution in [3.63, 3.8) is 0 Å². The summed E-state index contributed by atoms with van der Waals surface area (Å²) in [7, 11) is 0. The quantitative estimate of drug-likeness (QED) is 0.783. The number of hydrogen-bond acceptors (Lipinski definition) is 6. The van der Waals surface area contributed by atoms with Crippen LogP contribution in [0.2, 0.25) is 0 Å². The Morgan fingerprint density at radius 3 is 3.08 bits per heavy atom. The van der Waals surface area contributed by atoms with Gasteiger partial charge in [0.05, 0.1) is 17.8 Å². The molecule has 3 aromatic rings. The second kappa shape index (κ2) is 6.29. The van der Waals surface area contributed by atoms with Crippen LogP contribution in [-0.4, -0.2) is 47.6 Å². The van der Waals surface area contributed by atoms with E-state index >= 15 is 0 Å². The van der Waals surface area contributed by atoms with Crippen molar-refractivity contribution >= 4 is 28.7 Å². The van der Waals surface area contributed by atoms with Crippen molar-refractivity contribution in [3.05, 3.63) is 41.7 Å². The Balaban J connectivity index is 1.50. The lowest BCUT2D eigenvalue weighted by molar-refractivity contribution is 0.0688. The Morgan fingerprint density at radius 1 is 1.33 bits per heavy atom. The Bertz CT molecular complexity index is 874. The van der Waals surface area contributed by atoms with Gasteiger partial charge in [-0.05, 0) is 37.1 Å². The van der Waals surface area contributed by atoms with Crippen molar-refractivity contribution in [1.82, 2.24) is 23.4 Å². The molecule has 0 aliphatic carbocycles. The summed E-state index contributed by atoms with van der Waals surface area (Å²) in [6, 6.07) is 7.87. The van der Waals surface area contributed by atoms with Gasteiger partial charge in [0.2, 0.25) is 0 Å². The van der Waals surface area contributed by atoms with Crippen LogP contribution in [0.4, 0.5) is 0 Å². The highest BCUT2D eigenvalue weighted by atomic mass is 32.1. The average molecular weight is 343 g/mol. The van der Waals surface area contributed by atoms with Gasteiger partial charge in [0, 0.05) is 19.3 Å². The molecule has 124 valence electrons. The lowest BCUT2D eigenvalue weighted by Gasteiger charge is -2.32. The summed E-state index contributed by atoms with van der Waals surface area (Å²) >= 11 is 1.24. The Hall–Kier alpha value is -2.32. The average Bonchev–Trinajstić information content (AvgIpc) is 3.25. The zero-order valence-corrected chi connectivity index (χ0v) is 13.8. The van der Waals surface area contributed by atoms with Crippen LogP contribution in [0.25, 0.3) is 11.0 Å². The van der Waals surface area contributed by atoms with Crippen molar-refractivity contribution < 1.29 is 9.90 Å². The van der Waals surface area contributed by atoms with E-state index in [4.69, 9.17) is 5.11 Å². The molecule has 0 radical (unpaired) electrons. The third kappa shape index (κ3) is 2.90. The van der Waals surface area contributed by atoms with E-state index in [1.807, 2.05) is 12.1 Å². The number of aromatic nitrogens is 4. The molecule has 24 heavy (non-hydrogen) atoms. The Labute approximate surface area is 142 Å². The number of carboxylic acids is 1. The number of hydrogen-bond donors (Lipinski definition) is 1. The first-order valence-corrected chi connectivity index (χ1v) is 8.65. The fourth-order valence-electron chi connectivity index (χ4n) is 3.28. The number of aromatic carboxylic acids is 1. The van der Waals surface area contributed by atoms with Gasteiger partial charge in [0.1, 0.15) is 11.0 Å². The molecular weight excluding hydrogens is 326 g/mol. The van der Waals surface area contributed by atoms with Gasteiger partial charge in [-0.3, -0.25) is 9.58 Å². The number of rotatable bonds is 4. The predicted octanol–water partition coefficient (Wildman–Crippen LogP) is 2.42. The summed E-state index contributed by atoms with van der Waals surface area (Å²) in [6.07, 6.45) is 3.85. The predicted molar refractivity (Wildman–Crippen MR) is 90.1 cm³/mol. The Morgan fingerprint density at radius 2 is 2.25 bits per heavy atom. The van der Waals surface area contributed by atoms with Crippen molar-refractivity contribution in [2.45, 2.75) is 25.4 Å². The molecule has 4 rings (SSSR count). The molecule has 1 N–H and O–H groups in total. The second-order valence-corrected chi connectivity index (χ2v) is 6.59. The summed E-state index contributed by atoms with van der Waals surface area (Å²) in [5.41, 5.74) is 3.22. The van der Waals surface area contributed by atoms with E-state index in [2.05, 4.69) is 24.8 Å². The smallest absolute Gasteiger partial charge is 0.356 e. The van der Waals surface area contributed by atoms with Crippen LogP contribution in [0, 0.1) is 0 Å². The number of likely N-dealkylation sites (tertiary alicyclic amines) is 1. The Kier molecular flexibility index (Phi) is 3.99. The summed E-state index contributed by atoms with van der Waals surface area (Å²) in [5.74, 6) is -0.982. The first kappa shape index (κ1) is 15.2. The number of carbonyl (C=O) groups is 1. The van der Waals surface area contributed by atoms with Crippen LogP contribution in [0.3, 0.4) is 0 Å². The van der Waals surface area contributed by atoms with E-state index in [9.17, 15) is 4.79 Å². The zero-order valence-electron chi connectivity index (χ0n) is 13.0. The standard InChI is InChI=1S/C16H17N5O2S/c22-16(23)14-6-8-21(17-14)12-4-2-7-20(10-12)9-11-3-1-5-13-15(11)19-24-18-13/h1,3,5-6,8,12H,2,4,7,9-10H2,(H,22,23). The van der Waals surface area contributed by atoms with Crippen LogP contribution >= 0.6 is 11.7 Å². The third-order valence-electron chi connectivity index (χ3n) is 4.45. The van der Waals surface area contributed by atoms with Crippen molar-refractivity contribution in [2.24, 2.45) is 0 Å². The maximum atomic E-state index is 11.0. The lowest BCUT2D eigenvalue weighted by Crippen LogP contribution is -2.36. The molecule has 0 spiro atoms. The summed E-state index contributed by atoms with van der Waals surface area (Å²) < 4.78 is 10.5. The molecular formula is C16H17N5O2S. The maximum absolute atomic E-state index is 11.0. The first-order chi connectivity index (χ1) is 11.7. The van der Waals surface area contributed by atoms with Gasteiger partial charge in [-0.2, -0.15) is 13.8 Å². The van der Waals surface area contributed by atoms with E-state index in [-0.39, 0.29) is 11.7 Å². The molecule has 1 unspecified atom stereocenters. The molecule has 1 atom stereocenters. The highest BCUT2D eigenvalue weighted by molar-refractivity contribution is 7.00. The first-order valence-electron chi connectivity index (χ1n) is 7.91. The molecule has 0 amide bonds. The van der Waals surface area contributed by atoms with Crippen molar-refractivity contribution in [1.29, 1.82) is 0 Å². The molecule has 1 saturated heterocycles. The summed E-state index contributed by atoms with van der Waals surface area (Å²) in [5, 5.41) is 13.2. The molecule has 1 aromatic carbocycles. The maximum Gasteiger partial charge on any atom is 0.356 e. The van der Waals surface area contributed by atoms with Gasteiger partial charge in [-0.25, -0.2) is 4.79 Å². The van der Waals surface area contributed by atoms with Gasteiger partial charge in [-0.1, -0.05) is 12.1 Å². The normalized spacial score (nSPS) is 18.9. The molecule has 8 heteroatoms. The number of nitrogens with zero attached hydrogens (tertiary/aromatic N) is 5. The minimum atomic E-state index is -0.982. The van der Waals surface area contributed by atoms with Gasteiger partial charge >= 0.3 is 5.97 Å². The molecule has 7 nitrogen and oxygen atoms in total. The molecule has 0 bridgehead atoms. The molecule has 1 fully saturated rings. The molecule has 1 aliphatic heterocycles. The van der Waals surface area contributed by atoms with Crippen LogP contribution in [0.15, 0.2) is 30.5 Å². The minimum absolute atomic E-state index is 0.102. The van der Waals surface area contributed by atoms with Gasteiger partial charge < -0.3 is 5.11 Å². The monoisotopic (exact) mass is 343 g/mol. The number of benzene rings is 1. The molecule has 1 aliphatic rings. The second-order valence-electron chi connectivity index (χ2n) is 6.07. The molecule has 2 aromatic heterocycles. The van der Waals surface area contributed by atoms with Crippen LogP contribution in [-0.2, 0) is 6.54 Å². The summed E-state index contributed by atoms with van der Waals surface area (Å²) in [6.45, 7) is 2.71. The fraction of sp³-hybridized carbons (Fsp3) is 0.375. The highest BCUT2D eigenvalue weighted by Gasteiger charge is 2.23. The van der Waals surface area contributed by atoms with E-state index in [1.165, 1.54) is 17.3 Å². The SMILES string of the molecule is O=C(O)c1ccn(C2CCCN(Cc3cccc4nsnc34)C2)n1. The lowest BCUT2D eigenvalue weighted by atomic mass is 10.0. The molecule has 0 saturated carbocycles. The van der Waals surface area contributed by atoms with E-state index < -0.39 is 5.97 Å². The summed E-state index contributed by atoms with van der Waals surface area (Å²) in [4.78, 5) is 13.4. The van der Waals surface area contributed by atoms with Crippen LogP contribution in [0.1, 0.15) is 34.9 Å². The number of fused-ring (bicyclic) bond motifs is 1. The van der Waals surface area contributed by atoms with Crippen LogP contribution in [0.5, 0.6) is 0 Å². The molecule has 3 heterocycles. The number of piperidine rings is 1. The highest BCUT2D eigenvalue weighted by Crippen LogP contribution is 2.24. The third-order valence-corrected chi connectivity index (χ3v) is 4.99. The van der Waals surface area contributed by atoms with Crippen molar-refractivity contribution in [3.8, 4) is 0 Å². The zero-order chi connectivity index (χ0) is 16.5. The van der Waals surface area contributed by atoms with E-state index in [0.717, 1.165) is 43.5 Å². The van der Waals surface area contributed by atoms with Gasteiger partial charge in [0.15, 0.2) is 5.69 Å². The van der Waals surface area contributed by atoms with Gasteiger partial charge in [0.25, 0.3) is 0 Å². The van der Waals surface area contributed by atoms with E-state index in [0.29, 0.717) is 0 Å². The fourth-order valence-corrected chi connectivity index (χ4v) is 3.85. The minimum Gasteiger partial charge on any atom is -0.476 e. The number of carboxylic acid groups (broad SMARTS) is 1. The largest absolute Gasteiger partial charge is 0.476 e. The van der Waals surface area contributed by atoms with Crippen LogP contribution < -0.4 is 0 Å².